The molecule has 4 nitrogen and oxygen atoms in total. The number of carbonyl (C=O) groups is 1. The van der Waals surface area contributed by atoms with Gasteiger partial charge in [0, 0.05) is 11.2 Å². The molecule has 2 rings (SSSR count). The van der Waals surface area contributed by atoms with E-state index in [9.17, 15) is 13.2 Å². The number of carboxylic acids is 1. The Kier molecular flexibility index (Phi) is 2.55. The number of rotatable bonds is 2. The number of carboxylic acid groups (broad SMARTS) is 1. The summed E-state index contributed by atoms with van der Waals surface area (Å²) in [5.74, 6) is -0.982. The van der Waals surface area contributed by atoms with Crippen LogP contribution >= 0.6 is 12.6 Å². The fourth-order valence-corrected chi connectivity index (χ4v) is 3.75. The third kappa shape index (κ3) is 1.54. The molecular formula is C10H8O4S2. The zero-order valence-corrected chi connectivity index (χ0v) is 9.75. The molecule has 1 aliphatic rings. The Morgan fingerprint density at radius 3 is 2.62 bits per heavy atom. The Balaban J connectivity index is 2.82. The Bertz CT molecular complexity index is 599. The maximum atomic E-state index is 11.8. The topological polar surface area (TPSA) is 71.4 Å². The van der Waals surface area contributed by atoms with E-state index in [0.29, 0.717) is 11.1 Å². The number of sulfone groups is 1. The summed E-state index contributed by atoms with van der Waals surface area (Å²) in [6, 6.07) is 4.41. The fourth-order valence-electron chi connectivity index (χ4n) is 1.70. The van der Waals surface area contributed by atoms with E-state index in [4.69, 9.17) is 5.11 Å². The standard InChI is InChI=1S/C10H8O4S2/c11-10(12)8-3-1-2-7-6(4-15)5-16(13,14)9(7)8/h1-3,5,15H,4H2,(H,11,12). The number of hydrogen-bond acceptors (Lipinski definition) is 4. The second-order valence-electron chi connectivity index (χ2n) is 3.33. The second-order valence-corrected chi connectivity index (χ2v) is 5.38. The maximum absolute atomic E-state index is 11.8. The molecule has 0 spiro atoms. The molecule has 1 N–H and O–H groups in total. The highest BCUT2D eigenvalue weighted by Gasteiger charge is 2.31. The van der Waals surface area contributed by atoms with Gasteiger partial charge in [0.15, 0.2) is 0 Å². The van der Waals surface area contributed by atoms with Crippen LogP contribution in [0.4, 0.5) is 0 Å². The molecule has 0 aromatic heterocycles. The Labute approximate surface area is 97.9 Å². The van der Waals surface area contributed by atoms with Gasteiger partial charge in [-0.2, -0.15) is 12.6 Å². The van der Waals surface area contributed by atoms with Gasteiger partial charge in [0.05, 0.1) is 10.5 Å². The van der Waals surface area contributed by atoms with Crippen LogP contribution < -0.4 is 0 Å². The van der Waals surface area contributed by atoms with Crippen molar-refractivity contribution in [2.75, 3.05) is 5.75 Å². The van der Waals surface area contributed by atoms with Gasteiger partial charge in [0.1, 0.15) is 0 Å². The maximum Gasteiger partial charge on any atom is 0.337 e. The quantitative estimate of drug-likeness (QED) is 0.785. The van der Waals surface area contributed by atoms with Gasteiger partial charge in [-0.25, -0.2) is 13.2 Å². The van der Waals surface area contributed by atoms with Gasteiger partial charge in [-0.05, 0) is 17.2 Å². The normalized spacial score (nSPS) is 16.7. The zero-order valence-electron chi connectivity index (χ0n) is 8.04. The van der Waals surface area contributed by atoms with E-state index in [2.05, 4.69) is 12.6 Å². The Hall–Kier alpha value is -1.27. The molecular weight excluding hydrogens is 248 g/mol. The molecule has 0 amide bonds. The van der Waals surface area contributed by atoms with Crippen LogP contribution in [0, 0.1) is 0 Å². The summed E-state index contributed by atoms with van der Waals surface area (Å²) in [6.07, 6.45) is 0. The molecule has 0 radical (unpaired) electrons. The van der Waals surface area contributed by atoms with Gasteiger partial charge in [-0.1, -0.05) is 12.1 Å². The van der Waals surface area contributed by atoms with Gasteiger partial charge in [-0.3, -0.25) is 0 Å². The number of hydrogen-bond donors (Lipinski definition) is 2. The van der Waals surface area contributed by atoms with Gasteiger partial charge < -0.3 is 5.11 Å². The van der Waals surface area contributed by atoms with E-state index in [1.54, 1.807) is 6.07 Å². The average molecular weight is 256 g/mol. The lowest BCUT2D eigenvalue weighted by atomic mass is 10.1. The van der Waals surface area contributed by atoms with Crippen LogP contribution in [0.15, 0.2) is 28.5 Å². The summed E-state index contributed by atoms with van der Waals surface area (Å²) in [7, 11) is -3.63. The summed E-state index contributed by atoms with van der Waals surface area (Å²) in [4.78, 5) is 10.8. The number of aromatic carboxylic acids is 1. The van der Waals surface area contributed by atoms with Gasteiger partial charge in [0.2, 0.25) is 9.84 Å². The summed E-state index contributed by atoms with van der Waals surface area (Å²) in [5.41, 5.74) is 0.780. The van der Waals surface area contributed by atoms with Gasteiger partial charge >= 0.3 is 5.97 Å². The lowest BCUT2D eigenvalue weighted by Gasteiger charge is -2.04. The molecule has 84 valence electrons. The SMILES string of the molecule is O=C(O)c1cccc2c1S(=O)(=O)C=C2CS. The molecule has 1 aromatic carbocycles. The number of thiol groups is 1. The third-order valence-corrected chi connectivity index (χ3v) is 4.29. The van der Waals surface area contributed by atoms with Crippen LogP contribution in [-0.4, -0.2) is 25.2 Å². The first kappa shape index (κ1) is 11.2. The first-order chi connectivity index (χ1) is 7.47. The lowest BCUT2D eigenvalue weighted by Crippen LogP contribution is -2.06. The largest absolute Gasteiger partial charge is 0.478 e. The van der Waals surface area contributed by atoms with Gasteiger partial charge in [0.25, 0.3) is 0 Å². The summed E-state index contributed by atoms with van der Waals surface area (Å²) >= 11 is 4.02. The van der Waals surface area contributed by atoms with Crippen LogP contribution in [0.5, 0.6) is 0 Å². The third-order valence-electron chi connectivity index (χ3n) is 2.34. The van der Waals surface area contributed by atoms with Crippen molar-refractivity contribution in [1.82, 2.24) is 0 Å². The number of fused-ring (bicyclic) bond motifs is 1. The first-order valence-corrected chi connectivity index (χ1v) is 6.58. The van der Waals surface area contributed by atoms with E-state index < -0.39 is 15.8 Å². The molecule has 0 fully saturated rings. The highest BCUT2D eigenvalue weighted by Crippen LogP contribution is 2.36. The summed E-state index contributed by atoms with van der Waals surface area (Å²) < 4.78 is 23.5. The van der Waals surface area contributed by atoms with E-state index in [0.717, 1.165) is 5.41 Å². The zero-order chi connectivity index (χ0) is 11.9. The van der Waals surface area contributed by atoms with Crippen molar-refractivity contribution >= 4 is 34.0 Å². The van der Waals surface area contributed by atoms with Crippen molar-refractivity contribution in [1.29, 1.82) is 0 Å². The molecule has 6 heteroatoms. The molecule has 0 bridgehead atoms. The minimum Gasteiger partial charge on any atom is -0.478 e. The highest BCUT2D eigenvalue weighted by atomic mass is 32.2. The molecule has 0 saturated carbocycles. The molecule has 0 aliphatic carbocycles. The van der Waals surface area contributed by atoms with Crippen molar-refractivity contribution in [3.05, 3.63) is 34.7 Å². The van der Waals surface area contributed by atoms with E-state index in [1.807, 2.05) is 0 Å². The predicted octanol–water partition coefficient (Wildman–Crippen LogP) is 1.44. The van der Waals surface area contributed by atoms with E-state index >= 15 is 0 Å². The summed E-state index contributed by atoms with van der Waals surface area (Å²) in [6.45, 7) is 0. The van der Waals surface area contributed by atoms with Crippen LogP contribution in [0.1, 0.15) is 15.9 Å². The van der Waals surface area contributed by atoms with Crippen LogP contribution in [0.25, 0.3) is 5.57 Å². The van der Waals surface area contributed by atoms with E-state index in [-0.39, 0.29) is 16.2 Å². The number of benzene rings is 1. The lowest BCUT2D eigenvalue weighted by molar-refractivity contribution is 0.0692. The first-order valence-electron chi connectivity index (χ1n) is 4.40. The fraction of sp³-hybridized carbons (Fsp3) is 0.100. The minimum absolute atomic E-state index is 0.119. The van der Waals surface area contributed by atoms with Gasteiger partial charge in [-0.15, -0.1) is 0 Å². The van der Waals surface area contributed by atoms with Crippen LogP contribution in [0.2, 0.25) is 0 Å². The second kappa shape index (κ2) is 3.64. The summed E-state index contributed by atoms with van der Waals surface area (Å²) in [5, 5.41) is 10.0. The Morgan fingerprint density at radius 2 is 2.06 bits per heavy atom. The van der Waals surface area contributed by atoms with E-state index in [1.165, 1.54) is 12.1 Å². The monoisotopic (exact) mass is 256 g/mol. The van der Waals surface area contributed by atoms with Crippen molar-refractivity contribution in [2.45, 2.75) is 4.90 Å². The Morgan fingerprint density at radius 1 is 1.38 bits per heavy atom. The molecule has 1 aliphatic heterocycles. The van der Waals surface area contributed by atoms with Crippen molar-refractivity contribution in [3.63, 3.8) is 0 Å². The molecule has 0 atom stereocenters. The molecule has 0 unspecified atom stereocenters. The molecule has 0 saturated heterocycles. The predicted molar refractivity (Wildman–Crippen MR) is 62.4 cm³/mol. The molecule has 1 aromatic rings. The van der Waals surface area contributed by atoms with Crippen molar-refractivity contribution in [2.24, 2.45) is 0 Å². The van der Waals surface area contributed by atoms with Crippen LogP contribution in [0.3, 0.4) is 0 Å². The smallest absolute Gasteiger partial charge is 0.337 e. The molecule has 1 heterocycles. The minimum atomic E-state index is -3.63. The van der Waals surface area contributed by atoms with Crippen molar-refractivity contribution < 1.29 is 18.3 Å². The van der Waals surface area contributed by atoms with Crippen molar-refractivity contribution in [3.8, 4) is 0 Å². The van der Waals surface area contributed by atoms with Crippen LogP contribution in [-0.2, 0) is 9.84 Å². The average Bonchev–Trinajstić information content (AvgIpc) is 2.50. The molecule has 16 heavy (non-hydrogen) atoms. The highest BCUT2D eigenvalue weighted by molar-refractivity contribution is 7.95.